The molecular formula is C22H19NO5. The van der Waals surface area contributed by atoms with Gasteiger partial charge in [-0.2, -0.15) is 0 Å². The van der Waals surface area contributed by atoms with Crippen LogP contribution in [0.2, 0.25) is 0 Å². The molecule has 1 heterocycles. The summed E-state index contributed by atoms with van der Waals surface area (Å²) in [6.45, 7) is 2.12. The molecule has 142 valence electrons. The molecule has 0 aromatic heterocycles. The molecule has 0 saturated carbocycles. The lowest BCUT2D eigenvalue weighted by Crippen LogP contribution is -2.20. The highest BCUT2D eigenvalue weighted by Gasteiger charge is 2.14. The number of fused-ring (bicyclic) bond motifs is 1. The van der Waals surface area contributed by atoms with Gasteiger partial charge in [0.15, 0.2) is 18.1 Å². The molecule has 0 atom stereocenters. The fraction of sp³-hybridized carbons (Fsp3) is 0.136. The number of carbonyl (C=O) groups excluding carboxylic acids is 1. The third-order valence-corrected chi connectivity index (χ3v) is 4.11. The van der Waals surface area contributed by atoms with Crippen LogP contribution in [0.15, 0.2) is 66.7 Å². The Morgan fingerprint density at radius 3 is 2.29 bits per heavy atom. The number of ether oxygens (including phenoxy) is 4. The molecule has 0 spiro atoms. The summed E-state index contributed by atoms with van der Waals surface area (Å²) in [7, 11) is 0. The van der Waals surface area contributed by atoms with Crippen molar-refractivity contribution in [2.75, 3.05) is 18.7 Å². The zero-order valence-corrected chi connectivity index (χ0v) is 15.3. The lowest BCUT2D eigenvalue weighted by Gasteiger charge is -2.09. The van der Waals surface area contributed by atoms with Crippen LogP contribution in [0.4, 0.5) is 5.69 Å². The summed E-state index contributed by atoms with van der Waals surface area (Å²) in [5, 5.41) is 2.77. The van der Waals surface area contributed by atoms with E-state index in [4.69, 9.17) is 18.9 Å². The molecule has 4 rings (SSSR count). The fourth-order valence-electron chi connectivity index (χ4n) is 2.67. The quantitative estimate of drug-likeness (QED) is 0.683. The smallest absolute Gasteiger partial charge is 0.262 e. The van der Waals surface area contributed by atoms with Crippen LogP contribution in [0.1, 0.15) is 5.56 Å². The van der Waals surface area contributed by atoms with Gasteiger partial charge in [0, 0.05) is 11.8 Å². The number of hydrogen-bond acceptors (Lipinski definition) is 5. The van der Waals surface area contributed by atoms with Gasteiger partial charge in [-0.3, -0.25) is 4.79 Å². The molecule has 6 heteroatoms. The third-order valence-electron chi connectivity index (χ3n) is 4.11. The van der Waals surface area contributed by atoms with Gasteiger partial charge in [-0.25, -0.2) is 0 Å². The second kappa shape index (κ2) is 7.92. The van der Waals surface area contributed by atoms with Gasteiger partial charge in [-0.15, -0.1) is 0 Å². The Morgan fingerprint density at radius 2 is 1.54 bits per heavy atom. The molecule has 3 aromatic carbocycles. The molecule has 0 bridgehead atoms. The molecular weight excluding hydrogens is 358 g/mol. The first-order valence-electron chi connectivity index (χ1n) is 8.83. The predicted octanol–water partition coefficient (Wildman–Crippen LogP) is 4.53. The van der Waals surface area contributed by atoms with E-state index in [-0.39, 0.29) is 19.3 Å². The second-order valence-electron chi connectivity index (χ2n) is 6.29. The summed E-state index contributed by atoms with van der Waals surface area (Å²) in [5.41, 5.74) is 1.80. The number of benzene rings is 3. The monoisotopic (exact) mass is 377 g/mol. The van der Waals surface area contributed by atoms with Crippen molar-refractivity contribution in [1.29, 1.82) is 0 Å². The molecule has 0 saturated heterocycles. The summed E-state index contributed by atoms with van der Waals surface area (Å²) >= 11 is 0. The van der Waals surface area contributed by atoms with Crippen LogP contribution >= 0.6 is 0 Å². The summed E-state index contributed by atoms with van der Waals surface area (Å²) < 4.78 is 21.8. The van der Waals surface area contributed by atoms with E-state index in [0.29, 0.717) is 28.7 Å². The van der Waals surface area contributed by atoms with E-state index in [1.54, 1.807) is 42.5 Å². The topological polar surface area (TPSA) is 66.0 Å². The van der Waals surface area contributed by atoms with Crippen LogP contribution in [0.3, 0.4) is 0 Å². The Labute approximate surface area is 162 Å². The number of hydrogen-bond donors (Lipinski definition) is 1. The Balaban J connectivity index is 1.28. The van der Waals surface area contributed by atoms with Gasteiger partial charge < -0.3 is 24.3 Å². The minimum Gasteiger partial charge on any atom is -0.484 e. The number of nitrogens with one attached hydrogen (secondary N) is 1. The SMILES string of the molecule is Cc1ccc(Oc2ccc(OCC(=O)Nc3ccc4c(c3)OCO4)cc2)cc1. The maximum Gasteiger partial charge on any atom is 0.262 e. The van der Waals surface area contributed by atoms with Gasteiger partial charge in [-0.05, 0) is 55.5 Å². The molecule has 3 aromatic rings. The van der Waals surface area contributed by atoms with Crippen molar-refractivity contribution in [1.82, 2.24) is 0 Å². The van der Waals surface area contributed by atoms with E-state index in [0.717, 1.165) is 5.75 Å². The molecule has 1 amide bonds. The number of anilines is 1. The number of carbonyl (C=O) groups is 1. The van der Waals surface area contributed by atoms with Gasteiger partial charge >= 0.3 is 0 Å². The van der Waals surface area contributed by atoms with Crippen molar-refractivity contribution in [3.8, 4) is 28.7 Å². The highest BCUT2D eigenvalue weighted by atomic mass is 16.7. The molecule has 28 heavy (non-hydrogen) atoms. The Morgan fingerprint density at radius 1 is 0.893 bits per heavy atom. The standard InChI is InChI=1S/C22H19NO5/c1-15-2-5-18(6-3-15)28-19-9-7-17(8-10-19)25-13-22(24)23-16-4-11-20-21(12-16)27-14-26-20/h2-12H,13-14H2,1H3,(H,23,24). The predicted molar refractivity (Wildman–Crippen MR) is 104 cm³/mol. The van der Waals surface area contributed by atoms with Crippen LogP contribution in [0, 0.1) is 6.92 Å². The maximum absolute atomic E-state index is 12.1. The van der Waals surface area contributed by atoms with Gasteiger partial charge in [0.25, 0.3) is 5.91 Å². The molecule has 1 aliphatic heterocycles. The van der Waals surface area contributed by atoms with Crippen LogP contribution < -0.4 is 24.3 Å². The normalized spacial score (nSPS) is 11.8. The average molecular weight is 377 g/mol. The highest BCUT2D eigenvalue weighted by molar-refractivity contribution is 5.92. The first-order valence-corrected chi connectivity index (χ1v) is 8.83. The molecule has 0 radical (unpaired) electrons. The van der Waals surface area contributed by atoms with Crippen LogP contribution in [-0.2, 0) is 4.79 Å². The van der Waals surface area contributed by atoms with Gasteiger partial charge in [-0.1, -0.05) is 17.7 Å². The Hall–Kier alpha value is -3.67. The number of amides is 1. The van der Waals surface area contributed by atoms with Gasteiger partial charge in [0.1, 0.15) is 17.2 Å². The Kier molecular flexibility index (Phi) is 5.01. The zero-order chi connectivity index (χ0) is 19.3. The molecule has 0 unspecified atom stereocenters. The van der Waals surface area contributed by atoms with E-state index < -0.39 is 0 Å². The minimum absolute atomic E-state index is 0.105. The minimum atomic E-state index is -0.265. The first kappa shape index (κ1) is 17.7. The van der Waals surface area contributed by atoms with Crippen LogP contribution in [0.25, 0.3) is 0 Å². The van der Waals surface area contributed by atoms with Gasteiger partial charge in [0.05, 0.1) is 0 Å². The maximum atomic E-state index is 12.1. The van der Waals surface area contributed by atoms with Crippen molar-refractivity contribution in [3.05, 3.63) is 72.3 Å². The highest BCUT2D eigenvalue weighted by Crippen LogP contribution is 2.34. The molecule has 1 aliphatic rings. The second-order valence-corrected chi connectivity index (χ2v) is 6.29. The van der Waals surface area contributed by atoms with Crippen LogP contribution in [0.5, 0.6) is 28.7 Å². The van der Waals surface area contributed by atoms with Crippen molar-refractivity contribution in [2.24, 2.45) is 0 Å². The van der Waals surface area contributed by atoms with Crippen LogP contribution in [-0.4, -0.2) is 19.3 Å². The molecule has 0 fully saturated rings. The summed E-state index contributed by atoms with van der Waals surface area (Å²) in [6.07, 6.45) is 0. The summed E-state index contributed by atoms with van der Waals surface area (Å²) in [6, 6.07) is 20.2. The van der Waals surface area contributed by atoms with E-state index in [2.05, 4.69) is 5.32 Å². The lowest BCUT2D eigenvalue weighted by atomic mass is 10.2. The number of aryl methyl sites for hydroxylation is 1. The molecule has 6 nitrogen and oxygen atoms in total. The lowest BCUT2D eigenvalue weighted by molar-refractivity contribution is -0.118. The largest absolute Gasteiger partial charge is 0.484 e. The van der Waals surface area contributed by atoms with Gasteiger partial charge in [0.2, 0.25) is 6.79 Å². The van der Waals surface area contributed by atoms with Crippen molar-refractivity contribution in [2.45, 2.75) is 6.92 Å². The van der Waals surface area contributed by atoms with E-state index in [9.17, 15) is 4.79 Å². The van der Waals surface area contributed by atoms with Crippen molar-refractivity contribution in [3.63, 3.8) is 0 Å². The first-order chi connectivity index (χ1) is 13.7. The van der Waals surface area contributed by atoms with Crippen molar-refractivity contribution < 1.29 is 23.7 Å². The number of rotatable bonds is 6. The van der Waals surface area contributed by atoms with E-state index >= 15 is 0 Å². The molecule has 1 N–H and O–H groups in total. The fourth-order valence-corrected chi connectivity index (χ4v) is 2.67. The van der Waals surface area contributed by atoms with E-state index in [1.807, 2.05) is 31.2 Å². The zero-order valence-electron chi connectivity index (χ0n) is 15.3. The summed E-state index contributed by atoms with van der Waals surface area (Å²) in [5.74, 6) is 3.06. The average Bonchev–Trinajstić information content (AvgIpc) is 3.17. The summed E-state index contributed by atoms with van der Waals surface area (Å²) in [4.78, 5) is 12.1. The molecule has 0 aliphatic carbocycles. The third kappa shape index (κ3) is 4.35. The Bertz CT molecular complexity index is 967. The van der Waals surface area contributed by atoms with E-state index in [1.165, 1.54) is 5.56 Å². The van der Waals surface area contributed by atoms with Crippen molar-refractivity contribution >= 4 is 11.6 Å².